The number of fused-ring (bicyclic) bond motifs is 1. The van der Waals surface area contributed by atoms with E-state index in [1.54, 1.807) is 19.1 Å². The van der Waals surface area contributed by atoms with Gasteiger partial charge in [0.2, 0.25) is 0 Å². The monoisotopic (exact) mass is 428 g/mol. The van der Waals surface area contributed by atoms with Crippen LogP contribution in [0.5, 0.6) is 11.5 Å². The van der Waals surface area contributed by atoms with Crippen molar-refractivity contribution in [1.82, 2.24) is 9.97 Å². The Labute approximate surface area is 179 Å². The van der Waals surface area contributed by atoms with Crippen molar-refractivity contribution in [2.75, 3.05) is 7.11 Å². The zero-order chi connectivity index (χ0) is 21.4. The summed E-state index contributed by atoms with van der Waals surface area (Å²) in [7, 11) is 1.43. The van der Waals surface area contributed by atoms with E-state index in [-0.39, 0.29) is 29.1 Å². The molecule has 1 saturated carbocycles. The average molecular weight is 429 g/mol. The number of nitrogens with zero attached hydrogens (tertiary/aromatic N) is 2. The molecular weight excluding hydrogens is 403 g/mol. The third kappa shape index (κ3) is 3.90. The van der Waals surface area contributed by atoms with Crippen LogP contribution in [0.3, 0.4) is 0 Å². The fourth-order valence-electron chi connectivity index (χ4n) is 3.84. The number of hydrogen-bond donors (Lipinski definition) is 0. The number of hydrogen-bond acceptors (Lipinski definition) is 6. The van der Waals surface area contributed by atoms with Crippen LogP contribution in [0.25, 0.3) is 21.6 Å². The average Bonchev–Trinajstić information content (AvgIpc) is 3.38. The smallest absolute Gasteiger partial charge is 0.191 e. The zero-order valence-electron chi connectivity index (χ0n) is 17.6. The fourth-order valence-corrected chi connectivity index (χ4v) is 4.78. The molecule has 7 heteroatoms. The molecule has 1 fully saturated rings. The third-order valence-electron chi connectivity index (χ3n) is 5.65. The number of thiazole rings is 1. The molecule has 1 aliphatic rings. The molecule has 0 radical (unpaired) electrons. The number of ether oxygens (including phenoxy) is 2. The van der Waals surface area contributed by atoms with Gasteiger partial charge < -0.3 is 9.47 Å². The van der Waals surface area contributed by atoms with Gasteiger partial charge in [-0.25, -0.2) is 14.4 Å². The number of methoxy groups -OCH3 is 1. The summed E-state index contributed by atoms with van der Waals surface area (Å²) >= 11 is 1.48. The summed E-state index contributed by atoms with van der Waals surface area (Å²) < 4.78 is 26.5. The van der Waals surface area contributed by atoms with Gasteiger partial charge in [-0.3, -0.25) is 4.79 Å². The highest BCUT2D eigenvalue weighted by Gasteiger charge is 2.30. The number of carbonyl (C=O) groups excluding carboxylic acids is 1. The number of halogens is 1. The van der Waals surface area contributed by atoms with Gasteiger partial charge in [0.05, 0.1) is 18.9 Å². The van der Waals surface area contributed by atoms with Crippen molar-refractivity contribution in [3.63, 3.8) is 0 Å². The van der Waals surface area contributed by atoms with Crippen LogP contribution < -0.4 is 9.47 Å². The first-order chi connectivity index (χ1) is 14.4. The van der Waals surface area contributed by atoms with Gasteiger partial charge in [-0.15, -0.1) is 11.3 Å². The number of Topliss-reactive ketones (excluding diaryl/α,β-unsaturated/α-hetero) is 1. The molecule has 0 bridgehead atoms. The summed E-state index contributed by atoms with van der Waals surface area (Å²) in [4.78, 5) is 21.0. The molecule has 2 heterocycles. The van der Waals surface area contributed by atoms with Crippen LogP contribution in [-0.4, -0.2) is 29.0 Å². The molecule has 3 aromatic rings. The van der Waals surface area contributed by atoms with Crippen molar-refractivity contribution in [1.29, 1.82) is 0 Å². The molecule has 1 aromatic carbocycles. The molecule has 0 saturated heterocycles. The maximum Gasteiger partial charge on any atom is 0.191 e. The van der Waals surface area contributed by atoms with E-state index in [4.69, 9.17) is 9.47 Å². The lowest BCUT2D eigenvalue weighted by Gasteiger charge is -2.17. The lowest BCUT2D eigenvalue weighted by atomic mass is 10.0. The molecule has 0 unspecified atom stereocenters. The second-order valence-electron chi connectivity index (χ2n) is 8.08. The normalized spacial score (nSPS) is 18.9. The van der Waals surface area contributed by atoms with E-state index in [9.17, 15) is 4.79 Å². The predicted molar refractivity (Wildman–Crippen MR) is 116 cm³/mol. The first-order valence-corrected chi connectivity index (χ1v) is 11.1. The standard InChI is InChI=1S/C23H25FN2O3S/c1-12(2)18-11-30-23(26-18)17-10-20(29-15-6-5-14(9-15)13(3)27)16-7-8-19(28-4)21(24)22(16)25-17/h7-8,10-12,14-15H,5-6,9H2,1-4H3/t14-,15-/m0/s1. The van der Waals surface area contributed by atoms with Crippen LogP contribution in [0.1, 0.15) is 51.6 Å². The Morgan fingerprint density at radius 3 is 2.67 bits per heavy atom. The van der Waals surface area contributed by atoms with Gasteiger partial charge >= 0.3 is 0 Å². The molecule has 5 nitrogen and oxygen atoms in total. The van der Waals surface area contributed by atoms with Gasteiger partial charge in [0, 0.05) is 22.8 Å². The summed E-state index contributed by atoms with van der Waals surface area (Å²) in [6, 6.07) is 5.18. The van der Waals surface area contributed by atoms with E-state index in [1.807, 2.05) is 11.4 Å². The van der Waals surface area contributed by atoms with Gasteiger partial charge in [-0.2, -0.15) is 0 Å². The first kappa shape index (κ1) is 20.7. The molecule has 4 rings (SSSR count). The van der Waals surface area contributed by atoms with E-state index in [0.717, 1.165) is 23.5 Å². The van der Waals surface area contributed by atoms with Crippen molar-refractivity contribution in [2.24, 2.45) is 5.92 Å². The number of carbonyl (C=O) groups is 1. The van der Waals surface area contributed by atoms with E-state index < -0.39 is 5.82 Å². The summed E-state index contributed by atoms with van der Waals surface area (Å²) in [6.45, 7) is 5.79. The predicted octanol–water partition coefficient (Wildman–Crippen LogP) is 5.77. The molecule has 0 spiro atoms. The van der Waals surface area contributed by atoms with Crippen molar-refractivity contribution >= 4 is 28.0 Å². The van der Waals surface area contributed by atoms with Crippen molar-refractivity contribution in [2.45, 2.75) is 52.1 Å². The summed E-state index contributed by atoms with van der Waals surface area (Å²) in [5.41, 5.74) is 1.75. The Hall–Kier alpha value is -2.54. The van der Waals surface area contributed by atoms with Crippen molar-refractivity contribution in [3.05, 3.63) is 35.1 Å². The largest absolute Gasteiger partial charge is 0.494 e. The fraction of sp³-hybridized carbons (Fsp3) is 0.435. The number of rotatable bonds is 6. The van der Waals surface area contributed by atoms with Crippen LogP contribution >= 0.6 is 11.3 Å². The minimum absolute atomic E-state index is 0.0342. The minimum atomic E-state index is -0.518. The highest BCUT2D eigenvalue weighted by molar-refractivity contribution is 7.13. The molecule has 0 aliphatic heterocycles. The van der Waals surface area contributed by atoms with E-state index in [1.165, 1.54) is 18.4 Å². The third-order valence-corrected chi connectivity index (χ3v) is 6.53. The van der Waals surface area contributed by atoms with Gasteiger partial charge in [0.1, 0.15) is 27.8 Å². The number of pyridine rings is 1. The maximum atomic E-state index is 15.1. The van der Waals surface area contributed by atoms with Crippen LogP contribution in [0.15, 0.2) is 23.6 Å². The van der Waals surface area contributed by atoms with Gasteiger partial charge in [-0.05, 0) is 44.2 Å². The Kier molecular flexibility index (Phi) is 5.73. The molecule has 0 amide bonds. The van der Waals surface area contributed by atoms with Crippen LogP contribution in [0, 0.1) is 11.7 Å². The second-order valence-corrected chi connectivity index (χ2v) is 8.93. The number of ketones is 1. The van der Waals surface area contributed by atoms with Crippen LogP contribution in [-0.2, 0) is 4.79 Å². The Bertz CT molecular complexity index is 1100. The highest BCUT2D eigenvalue weighted by Crippen LogP contribution is 2.38. The second kappa shape index (κ2) is 8.30. The number of aromatic nitrogens is 2. The summed E-state index contributed by atoms with van der Waals surface area (Å²) in [5.74, 6) is 0.707. The van der Waals surface area contributed by atoms with E-state index in [0.29, 0.717) is 29.2 Å². The van der Waals surface area contributed by atoms with E-state index in [2.05, 4.69) is 23.8 Å². The highest BCUT2D eigenvalue weighted by atomic mass is 32.1. The van der Waals surface area contributed by atoms with Crippen molar-refractivity contribution < 1.29 is 18.7 Å². The van der Waals surface area contributed by atoms with E-state index >= 15 is 4.39 Å². The van der Waals surface area contributed by atoms with Gasteiger partial charge in [-0.1, -0.05) is 13.8 Å². The van der Waals surface area contributed by atoms with Crippen LogP contribution in [0.2, 0.25) is 0 Å². The SMILES string of the molecule is COc1ccc2c(O[C@H]3CC[C@H](C(C)=O)C3)cc(-c3nc(C(C)C)cs3)nc2c1F. The topological polar surface area (TPSA) is 61.3 Å². The summed E-state index contributed by atoms with van der Waals surface area (Å²) in [6.07, 6.45) is 2.23. The first-order valence-electron chi connectivity index (χ1n) is 10.2. The summed E-state index contributed by atoms with van der Waals surface area (Å²) in [5, 5.41) is 3.31. The zero-order valence-corrected chi connectivity index (χ0v) is 18.4. The lowest BCUT2D eigenvalue weighted by Crippen LogP contribution is -2.15. The lowest BCUT2D eigenvalue weighted by molar-refractivity contribution is -0.120. The minimum Gasteiger partial charge on any atom is -0.494 e. The Morgan fingerprint density at radius 1 is 1.23 bits per heavy atom. The van der Waals surface area contributed by atoms with Crippen molar-refractivity contribution in [3.8, 4) is 22.2 Å². The quantitative estimate of drug-likeness (QED) is 0.499. The molecule has 158 valence electrons. The van der Waals surface area contributed by atoms with Gasteiger partial charge in [0.25, 0.3) is 0 Å². The molecule has 30 heavy (non-hydrogen) atoms. The molecule has 0 N–H and O–H groups in total. The Morgan fingerprint density at radius 2 is 2.03 bits per heavy atom. The molecule has 2 atom stereocenters. The van der Waals surface area contributed by atoms with Crippen LogP contribution in [0.4, 0.5) is 4.39 Å². The Balaban J connectivity index is 1.79. The molecule has 2 aromatic heterocycles. The number of benzene rings is 1. The van der Waals surface area contributed by atoms with Gasteiger partial charge in [0.15, 0.2) is 11.6 Å². The maximum absolute atomic E-state index is 15.1. The molecule has 1 aliphatic carbocycles. The molecular formula is C23H25FN2O3S.